The SMILES string of the molecule is CC(=O)N1CCCC[C@H]1CCCSc1ncc(B2OC(C)(C)C(C)(C)O2)cn1. The quantitative estimate of drug-likeness (QED) is 0.314. The molecule has 0 radical (unpaired) electrons. The van der Waals surface area contributed by atoms with Gasteiger partial charge in [0.05, 0.1) is 11.2 Å². The van der Waals surface area contributed by atoms with Crippen LogP contribution in [0.15, 0.2) is 17.6 Å². The van der Waals surface area contributed by atoms with Crippen molar-refractivity contribution in [2.45, 2.75) is 89.1 Å². The lowest BCUT2D eigenvalue weighted by Gasteiger charge is -2.35. The highest BCUT2D eigenvalue weighted by Crippen LogP contribution is 2.36. The molecule has 0 aliphatic carbocycles. The molecule has 1 aromatic heterocycles. The Bertz CT molecular complexity index is 668. The molecule has 3 heterocycles. The molecule has 2 saturated heterocycles. The molecule has 3 rings (SSSR count). The van der Waals surface area contributed by atoms with Crippen LogP contribution in [0.3, 0.4) is 0 Å². The van der Waals surface area contributed by atoms with E-state index >= 15 is 0 Å². The number of thioether (sulfide) groups is 1. The lowest BCUT2D eigenvalue weighted by Crippen LogP contribution is -2.42. The Morgan fingerprint density at radius 1 is 1.21 bits per heavy atom. The van der Waals surface area contributed by atoms with Crippen molar-refractivity contribution in [1.29, 1.82) is 0 Å². The van der Waals surface area contributed by atoms with Crippen LogP contribution in [-0.2, 0) is 14.1 Å². The summed E-state index contributed by atoms with van der Waals surface area (Å²) in [6, 6.07) is 0.401. The van der Waals surface area contributed by atoms with Crippen molar-refractivity contribution in [1.82, 2.24) is 14.9 Å². The Balaban J connectivity index is 1.46. The topological polar surface area (TPSA) is 64.6 Å². The van der Waals surface area contributed by atoms with E-state index in [1.54, 1.807) is 31.1 Å². The molecule has 28 heavy (non-hydrogen) atoms. The predicted octanol–water partition coefficient (Wildman–Crippen LogP) is 3.05. The van der Waals surface area contributed by atoms with Crippen molar-refractivity contribution in [3.8, 4) is 0 Å². The van der Waals surface area contributed by atoms with Gasteiger partial charge in [0.15, 0.2) is 5.16 Å². The van der Waals surface area contributed by atoms with Gasteiger partial charge in [-0.1, -0.05) is 11.8 Å². The van der Waals surface area contributed by atoms with Crippen molar-refractivity contribution >= 4 is 30.3 Å². The number of carbonyl (C=O) groups excluding carboxylic acids is 1. The molecule has 0 N–H and O–H groups in total. The van der Waals surface area contributed by atoms with E-state index in [0.717, 1.165) is 48.6 Å². The fourth-order valence-electron chi connectivity index (χ4n) is 3.70. The highest BCUT2D eigenvalue weighted by Gasteiger charge is 2.51. The van der Waals surface area contributed by atoms with Gasteiger partial charge in [0.2, 0.25) is 5.91 Å². The first-order chi connectivity index (χ1) is 13.2. The molecule has 2 aliphatic heterocycles. The zero-order valence-electron chi connectivity index (χ0n) is 17.7. The highest BCUT2D eigenvalue weighted by atomic mass is 32.2. The number of rotatable bonds is 6. The second kappa shape index (κ2) is 8.72. The minimum Gasteiger partial charge on any atom is -0.399 e. The number of carbonyl (C=O) groups is 1. The van der Waals surface area contributed by atoms with Gasteiger partial charge in [-0.25, -0.2) is 9.97 Å². The van der Waals surface area contributed by atoms with E-state index in [0.29, 0.717) is 6.04 Å². The molecule has 0 spiro atoms. The second-order valence-corrected chi connectivity index (χ2v) is 9.80. The first-order valence-electron chi connectivity index (χ1n) is 10.3. The maximum atomic E-state index is 11.8. The Hall–Kier alpha value is -1.12. The molecule has 8 heteroatoms. The molecular weight excluding hydrogens is 373 g/mol. The molecule has 1 aromatic rings. The highest BCUT2D eigenvalue weighted by molar-refractivity contribution is 7.99. The molecule has 1 amide bonds. The molecule has 0 bridgehead atoms. The number of amides is 1. The van der Waals surface area contributed by atoms with E-state index in [1.165, 1.54) is 6.42 Å². The number of hydrogen-bond donors (Lipinski definition) is 0. The largest absolute Gasteiger partial charge is 0.498 e. The van der Waals surface area contributed by atoms with Crippen LogP contribution in [0.2, 0.25) is 0 Å². The van der Waals surface area contributed by atoms with Gasteiger partial charge in [-0.3, -0.25) is 4.79 Å². The van der Waals surface area contributed by atoms with Gasteiger partial charge < -0.3 is 14.2 Å². The molecule has 154 valence electrons. The molecule has 0 saturated carbocycles. The summed E-state index contributed by atoms with van der Waals surface area (Å²) in [5.41, 5.74) is 0.123. The van der Waals surface area contributed by atoms with Crippen molar-refractivity contribution in [2.24, 2.45) is 0 Å². The number of piperidine rings is 1. The summed E-state index contributed by atoms with van der Waals surface area (Å²) in [5, 5.41) is 0.771. The van der Waals surface area contributed by atoms with Crippen molar-refractivity contribution in [3.05, 3.63) is 12.4 Å². The standard InChI is InChI=1S/C20H32BN3O3S/c1-15(25)24-11-7-6-9-17(24)10-8-12-28-18-22-13-16(14-23-18)21-26-19(2,3)20(4,5)27-21/h13-14,17H,6-12H2,1-5H3/t17-/m0/s1. The Kier molecular flexibility index (Phi) is 6.72. The van der Waals surface area contributed by atoms with Crippen LogP contribution in [0.1, 0.15) is 66.7 Å². The first-order valence-corrected chi connectivity index (χ1v) is 11.3. The van der Waals surface area contributed by atoms with Crippen molar-refractivity contribution in [3.63, 3.8) is 0 Å². The average molecular weight is 405 g/mol. The fraction of sp³-hybridized carbons (Fsp3) is 0.750. The first kappa shape index (κ1) is 21.6. The lowest BCUT2D eigenvalue weighted by atomic mass is 9.81. The van der Waals surface area contributed by atoms with Gasteiger partial charge in [-0.15, -0.1) is 0 Å². The van der Waals surface area contributed by atoms with Gasteiger partial charge in [0.25, 0.3) is 0 Å². The van der Waals surface area contributed by atoms with E-state index in [9.17, 15) is 4.79 Å². The summed E-state index contributed by atoms with van der Waals surface area (Å²) in [4.78, 5) is 22.8. The molecule has 2 aliphatic rings. The molecule has 6 nitrogen and oxygen atoms in total. The summed E-state index contributed by atoms with van der Waals surface area (Å²) in [5.74, 6) is 1.16. The number of nitrogens with zero attached hydrogens (tertiary/aromatic N) is 3. The van der Waals surface area contributed by atoms with Crippen LogP contribution in [0.4, 0.5) is 0 Å². The molecule has 0 aromatic carbocycles. The molecule has 1 atom stereocenters. The maximum absolute atomic E-state index is 11.8. The summed E-state index contributed by atoms with van der Waals surface area (Å²) in [6.07, 6.45) is 9.20. The minimum atomic E-state index is -0.423. The Morgan fingerprint density at radius 3 is 2.46 bits per heavy atom. The fourth-order valence-corrected chi connectivity index (χ4v) is 4.45. The van der Waals surface area contributed by atoms with Crippen molar-refractivity contribution < 1.29 is 14.1 Å². The van der Waals surface area contributed by atoms with Crippen LogP contribution in [0.5, 0.6) is 0 Å². The lowest BCUT2D eigenvalue weighted by molar-refractivity contribution is -0.132. The summed E-state index contributed by atoms with van der Waals surface area (Å²) in [6.45, 7) is 10.8. The van der Waals surface area contributed by atoms with E-state index in [4.69, 9.17) is 9.31 Å². The Morgan fingerprint density at radius 2 is 1.86 bits per heavy atom. The zero-order valence-corrected chi connectivity index (χ0v) is 18.6. The maximum Gasteiger partial charge on any atom is 0.498 e. The molecular formula is C20H32BN3O3S. The van der Waals surface area contributed by atoms with E-state index < -0.39 is 7.12 Å². The van der Waals surface area contributed by atoms with Gasteiger partial charge in [-0.05, 0) is 59.8 Å². The van der Waals surface area contributed by atoms with Crippen molar-refractivity contribution in [2.75, 3.05) is 12.3 Å². The molecule has 2 fully saturated rings. The third-order valence-electron chi connectivity index (χ3n) is 6.12. The average Bonchev–Trinajstić information content (AvgIpc) is 2.87. The van der Waals surface area contributed by atoms with Crippen LogP contribution in [-0.4, -0.2) is 57.4 Å². The van der Waals surface area contributed by atoms with Crippen LogP contribution < -0.4 is 5.46 Å². The van der Waals surface area contributed by atoms with E-state index in [-0.39, 0.29) is 17.1 Å². The van der Waals surface area contributed by atoms with Gasteiger partial charge in [0.1, 0.15) is 0 Å². The zero-order chi connectivity index (χ0) is 20.4. The van der Waals surface area contributed by atoms with Crippen LogP contribution >= 0.6 is 11.8 Å². The van der Waals surface area contributed by atoms with Gasteiger partial charge in [0, 0.05) is 43.1 Å². The van der Waals surface area contributed by atoms with Gasteiger partial charge >= 0.3 is 7.12 Å². The summed E-state index contributed by atoms with van der Waals surface area (Å²) < 4.78 is 12.1. The van der Waals surface area contributed by atoms with Crippen LogP contribution in [0, 0.1) is 0 Å². The van der Waals surface area contributed by atoms with Crippen LogP contribution in [0.25, 0.3) is 0 Å². The number of aromatic nitrogens is 2. The third kappa shape index (κ3) is 4.89. The van der Waals surface area contributed by atoms with E-state index in [2.05, 4.69) is 9.97 Å². The van der Waals surface area contributed by atoms with E-state index in [1.807, 2.05) is 32.6 Å². The predicted molar refractivity (Wildman–Crippen MR) is 113 cm³/mol. The summed E-state index contributed by atoms with van der Waals surface area (Å²) in [7, 11) is -0.423. The summed E-state index contributed by atoms with van der Waals surface area (Å²) >= 11 is 1.66. The second-order valence-electron chi connectivity index (χ2n) is 8.74. The normalized spacial score (nSPS) is 23.8. The third-order valence-corrected chi connectivity index (χ3v) is 7.08. The minimum absolute atomic E-state index is 0.207. The monoisotopic (exact) mass is 405 g/mol. The molecule has 0 unspecified atom stereocenters. The van der Waals surface area contributed by atoms with Gasteiger partial charge in [-0.2, -0.15) is 0 Å². The smallest absolute Gasteiger partial charge is 0.399 e. The Labute approximate surface area is 173 Å². The number of likely N-dealkylation sites (tertiary alicyclic amines) is 1. The number of hydrogen-bond acceptors (Lipinski definition) is 6.